The summed E-state index contributed by atoms with van der Waals surface area (Å²) in [6.45, 7) is 0.203. The second-order valence-electron chi connectivity index (χ2n) is 6.17. The number of urea groups is 1. The lowest BCUT2D eigenvalue weighted by Crippen LogP contribution is -2.35. The highest BCUT2D eigenvalue weighted by Gasteiger charge is 2.29. The third-order valence-corrected chi connectivity index (χ3v) is 4.05. The fourth-order valence-corrected chi connectivity index (χ4v) is 2.61. The second-order valence-corrected chi connectivity index (χ2v) is 6.17. The van der Waals surface area contributed by atoms with Gasteiger partial charge in [0.25, 0.3) is 0 Å². The third kappa shape index (κ3) is 4.74. The molecular formula is C19H17F3N2O4. The molecule has 0 aliphatic carbocycles. The van der Waals surface area contributed by atoms with Crippen molar-refractivity contribution in [3.63, 3.8) is 0 Å². The number of nitrogens with two attached hydrogens (primary N) is 1. The summed E-state index contributed by atoms with van der Waals surface area (Å²) >= 11 is 0. The van der Waals surface area contributed by atoms with Gasteiger partial charge in [-0.05, 0) is 47.5 Å². The highest BCUT2D eigenvalue weighted by atomic mass is 19.4. The van der Waals surface area contributed by atoms with Gasteiger partial charge < -0.3 is 15.2 Å². The van der Waals surface area contributed by atoms with Gasteiger partial charge in [0.1, 0.15) is 24.7 Å². The molecule has 9 heteroatoms. The zero-order chi connectivity index (χ0) is 20.3. The van der Waals surface area contributed by atoms with E-state index in [0.29, 0.717) is 33.3 Å². The Morgan fingerprint density at radius 3 is 2.57 bits per heavy atom. The number of benzene rings is 2. The molecule has 1 aliphatic rings. The first-order chi connectivity index (χ1) is 13.2. The molecule has 2 aromatic carbocycles. The van der Waals surface area contributed by atoms with Crippen LogP contribution in [0.5, 0.6) is 11.5 Å². The summed E-state index contributed by atoms with van der Waals surface area (Å²) in [4.78, 5) is 10.9. The third-order valence-electron chi connectivity index (χ3n) is 4.05. The second kappa shape index (κ2) is 7.81. The number of rotatable bonds is 5. The van der Waals surface area contributed by atoms with E-state index in [0.717, 1.165) is 12.1 Å². The van der Waals surface area contributed by atoms with Crippen LogP contribution in [0.15, 0.2) is 48.0 Å². The Bertz CT molecular complexity index is 895. The van der Waals surface area contributed by atoms with Crippen LogP contribution >= 0.6 is 0 Å². The molecule has 2 amide bonds. The molecule has 0 saturated heterocycles. The van der Waals surface area contributed by atoms with E-state index in [1.807, 2.05) is 0 Å². The maximum atomic E-state index is 12.6. The smallest absolute Gasteiger partial charge is 0.416 e. The molecule has 6 nitrogen and oxygen atoms in total. The molecule has 2 aromatic rings. The SMILES string of the molecule is NC(=O)N(O)CC1=Cc2cc(OCc3ccc(C(F)(F)F)cc3)ccc2OC1. The van der Waals surface area contributed by atoms with E-state index < -0.39 is 17.8 Å². The average Bonchev–Trinajstić information content (AvgIpc) is 2.65. The highest BCUT2D eigenvalue weighted by Crippen LogP contribution is 2.31. The Morgan fingerprint density at radius 1 is 1.21 bits per heavy atom. The van der Waals surface area contributed by atoms with Crippen LogP contribution in [0.2, 0.25) is 0 Å². The molecule has 0 fully saturated rings. The molecule has 28 heavy (non-hydrogen) atoms. The number of hydroxylamine groups is 2. The molecule has 0 unspecified atom stereocenters. The number of carbonyl (C=O) groups is 1. The molecule has 3 rings (SSSR count). The van der Waals surface area contributed by atoms with Crippen molar-refractivity contribution < 1.29 is 32.6 Å². The number of halogens is 3. The van der Waals surface area contributed by atoms with Gasteiger partial charge in [-0.25, -0.2) is 9.86 Å². The summed E-state index contributed by atoms with van der Waals surface area (Å²) in [5.41, 5.74) is 6.18. The standard InChI is InChI=1S/C19H17F3N2O4/c20-19(21,22)15-3-1-12(2-4-15)10-27-16-5-6-17-14(8-16)7-13(11-28-17)9-24(26)18(23)25/h1-8,26H,9-11H2,(H2,23,25). The number of fused-ring (bicyclic) bond motifs is 1. The van der Waals surface area contributed by atoms with Crippen LogP contribution in [0.25, 0.3) is 6.08 Å². The monoisotopic (exact) mass is 394 g/mol. The minimum atomic E-state index is -4.37. The van der Waals surface area contributed by atoms with Gasteiger partial charge in [0, 0.05) is 5.56 Å². The topological polar surface area (TPSA) is 85.0 Å². The number of hydrogen-bond donors (Lipinski definition) is 2. The Morgan fingerprint density at radius 2 is 1.93 bits per heavy atom. The van der Waals surface area contributed by atoms with Crippen LogP contribution in [0.4, 0.5) is 18.0 Å². The molecule has 0 aromatic heterocycles. The minimum Gasteiger partial charge on any atom is -0.489 e. The van der Waals surface area contributed by atoms with Gasteiger partial charge in [-0.15, -0.1) is 0 Å². The normalized spacial score (nSPS) is 13.2. The number of primary amides is 1. The van der Waals surface area contributed by atoms with Gasteiger partial charge in [-0.1, -0.05) is 12.1 Å². The molecule has 0 bridgehead atoms. The maximum Gasteiger partial charge on any atom is 0.416 e. The van der Waals surface area contributed by atoms with Crippen molar-refractivity contribution in [3.05, 3.63) is 64.7 Å². The first-order valence-corrected chi connectivity index (χ1v) is 8.23. The van der Waals surface area contributed by atoms with E-state index in [1.165, 1.54) is 12.1 Å². The van der Waals surface area contributed by atoms with Crippen LogP contribution in [0.1, 0.15) is 16.7 Å². The lowest BCUT2D eigenvalue weighted by molar-refractivity contribution is -0.137. The molecule has 0 radical (unpaired) electrons. The van der Waals surface area contributed by atoms with Gasteiger partial charge in [0.05, 0.1) is 12.1 Å². The molecule has 3 N–H and O–H groups in total. The average molecular weight is 394 g/mol. The van der Waals surface area contributed by atoms with Crippen molar-refractivity contribution in [2.75, 3.05) is 13.2 Å². The fraction of sp³-hybridized carbons (Fsp3) is 0.211. The van der Waals surface area contributed by atoms with Gasteiger partial charge in [0.15, 0.2) is 0 Å². The number of alkyl halides is 3. The van der Waals surface area contributed by atoms with Crippen molar-refractivity contribution in [2.45, 2.75) is 12.8 Å². The van der Waals surface area contributed by atoms with E-state index in [4.69, 9.17) is 15.2 Å². The highest BCUT2D eigenvalue weighted by molar-refractivity contribution is 5.72. The van der Waals surface area contributed by atoms with Gasteiger partial charge >= 0.3 is 12.2 Å². The summed E-state index contributed by atoms with van der Waals surface area (Å²) in [7, 11) is 0. The summed E-state index contributed by atoms with van der Waals surface area (Å²) in [5.74, 6) is 1.10. The largest absolute Gasteiger partial charge is 0.489 e. The van der Waals surface area contributed by atoms with Crippen LogP contribution < -0.4 is 15.2 Å². The van der Waals surface area contributed by atoms with Crippen LogP contribution in [0, 0.1) is 0 Å². The van der Waals surface area contributed by atoms with Crippen molar-refractivity contribution in [2.24, 2.45) is 5.73 Å². The Balaban J connectivity index is 1.67. The van der Waals surface area contributed by atoms with Gasteiger partial charge in [-0.3, -0.25) is 5.21 Å². The predicted octanol–water partition coefficient (Wildman–Crippen LogP) is 3.83. The number of amides is 2. The van der Waals surface area contributed by atoms with E-state index in [2.05, 4.69) is 0 Å². The summed E-state index contributed by atoms with van der Waals surface area (Å²) in [6, 6.07) is 8.86. The van der Waals surface area contributed by atoms with Crippen molar-refractivity contribution in [3.8, 4) is 11.5 Å². The van der Waals surface area contributed by atoms with Crippen LogP contribution in [0.3, 0.4) is 0 Å². The summed E-state index contributed by atoms with van der Waals surface area (Å²) in [6.07, 6.45) is -2.63. The lowest BCUT2D eigenvalue weighted by Gasteiger charge is -2.21. The predicted molar refractivity (Wildman–Crippen MR) is 93.8 cm³/mol. The number of nitrogens with zero attached hydrogens (tertiary/aromatic N) is 1. The van der Waals surface area contributed by atoms with E-state index in [1.54, 1.807) is 24.3 Å². The number of carbonyl (C=O) groups excluding carboxylic acids is 1. The number of hydrogen-bond acceptors (Lipinski definition) is 4. The van der Waals surface area contributed by atoms with Crippen LogP contribution in [-0.4, -0.2) is 29.5 Å². The van der Waals surface area contributed by atoms with Crippen molar-refractivity contribution in [1.29, 1.82) is 0 Å². The Labute approximate surface area is 158 Å². The van der Waals surface area contributed by atoms with Crippen molar-refractivity contribution >= 4 is 12.1 Å². The molecule has 0 atom stereocenters. The zero-order valence-electron chi connectivity index (χ0n) is 14.6. The molecule has 0 saturated carbocycles. The number of ether oxygens (including phenoxy) is 2. The summed E-state index contributed by atoms with van der Waals surface area (Å²) in [5, 5.41) is 9.81. The van der Waals surface area contributed by atoms with E-state index >= 15 is 0 Å². The fourth-order valence-electron chi connectivity index (χ4n) is 2.61. The molecule has 148 valence electrons. The van der Waals surface area contributed by atoms with E-state index in [9.17, 15) is 23.2 Å². The summed E-state index contributed by atoms with van der Waals surface area (Å²) < 4.78 is 49.0. The van der Waals surface area contributed by atoms with Crippen LogP contribution in [-0.2, 0) is 12.8 Å². The molecule has 1 heterocycles. The first kappa shape index (κ1) is 19.6. The molecular weight excluding hydrogens is 377 g/mol. The maximum absolute atomic E-state index is 12.6. The van der Waals surface area contributed by atoms with Crippen molar-refractivity contribution in [1.82, 2.24) is 5.06 Å². The lowest BCUT2D eigenvalue weighted by atomic mass is 10.1. The molecule has 0 spiro atoms. The first-order valence-electron chi connectivity index (χ1n) is 8.23. The van der Waals surface area contributed by atoms with Gasteiger partial charge in [-0.2, -0.15) is 13.2 Å². The quantitative estimate of drug-likeness (QED) is 0.596. The minimum absolute atomic E-state index is 0.0919. The van der Waals surface area contributed by atoms with E-state index in [-0.39, 0.29) is 19.8 Å². The van der Waals surface area contributed by atoms with Gasteiger partial charge in [0.2, 0.25) is 0 Å². The Kier molecular flexibility index (Phi) is 5.46. The Hall–Kier alpha value is -3.20. The molecule has 1 aliphatic heterocycles. The zero-order valence-corrected chi connectivity index (χ0v) is 14.6.